The topological polar surface area (TPSA) is 84.5 Å². The Hall–Kier alpha value is -3.15. The molecule has 0 unspecified atom stereocenters. The number of rotatable bonds is 7. The van der Waals surface area contributed by atoms with Gasteiger partial charge in [0.05, 0.1) is 6.54 Å². The largest absolute Gasteiger partial charge is 0.460 e. The van der Waals surface area contributed by atoms with Gasteiger partial charge in [-0.3, -0.25) is 14.4 Å². The number of nitrogens with one attached hydrogen (secondary N) is 2. The van der Waals surface area contributed by atoms with Crippen molar-refractivity contribution in [2.45, 2.75) is 32.8 Å². The van der Waals surface area contributed by atoms with E-state index in [0.717, 1.165) is 11.1 Å². The first kappa shape index (κ1) is 21.2. The summed E-state index contributed by atoms with van der Waals surface area (Å²) in [6.07, 6.45) is 0. The number of carbonyl (C=O) groups is 3. The molecule has 2 rings (SSSR count). The molecule has 0 aromatic heterocycles. The fourth-order valence-corrected chi connectivity index (χ4v) is 2.41. The molecule has 0 atom stereocenters. The molecule has 0 saturated heterocycles. The van der Waals surface area contributed by atoms with Crippen molar-refractivity contribution in [2.75, 3.05) is 13.1 Å². The van der Waals surface area contributed by atoms with Gasteiger partial charge < -0.3 is 15.4 Å². The molecule has 6 nitrogen and oxygen atoms in total. The fraction of sp³-hybridized carbons (Fsp3) is 0.318. The Morgan fingerprint density at radius 3 is 2.11 bits per heavy atom. The van der Waals surface area contributed by atoms with Gasteiger partial charge in [0.1, 0.15) is 13.2 Å². The van der Waals surface area contributed by atoms with Crippen LogP contribution >= 0.6 is 0 Å². The van der Waals surface area contributed by atoms with Crippen molar-refractivity contribution in [3.63, 3.8) is 0 Å². The van der Waals surface area contributed by atoms with Crippen LogP contribution in [0.2, 0.25) is 0 Å². The van der Waals surface area contributed by atoms with Crippen molar-refractivity contribution < 1.29 is 19.1 Å². The van der Waals surface area contributed by atoms with Crippen LogP contribution in [-0.2, 0) is 26.3 Å². The molecular formula is C22H26N2O4. The Kier molecular flexibility index (Phi) is 7.32. The zero-order valence-electron chi connectivity index (χ0n) is 16.5. The highest BCUT2D eigenvalue weighted by molar-refractivity contribution is 5.96. The normalized spacial score (nSPS) is 10.8. The van der Waals surface area contributed by atoms with Crippen LogP contribution in [0.3, 0.4) is 0 Å². The van der Waals surface area contributed by atoms with Crippen LogP contribution in [0, 0.1) is 0 Å². The highest BCUT2D eigenvalue weighted by Crippen LogP contribution is 2.22. The Morgan fingerprint density at radius 2 is 1.50 bits per heavy atom. The van der Waals surface area contributed by atoms with Gasteiger partial charge in [-0.15, -0.1) is 0 Å². The van der Waals surface area contributed by atoms with Gasteiger partial charge in [0.25, 0.3) is 5.91 Å². The zero-order valence-corrected chi connectivity index (χ0v) is 16.5. The predicted octanol–water partition coefficient (Wildman–Crippen LogP) is 2.57. The Labute approximate surface area is 165 Å². The summed E-state index contributed by atoms with van der Waals surface area (Å²) in [6, 6.07) is 16.5. The summed E-state index contributed by atoms with van der Waals surface area (Å²) in [7, 11) is 0. The van der Waals surface area contributed by atoms with Crippen LogP contribution in [0.5, 0.6) is 0 Å². The highest BCUT2D eigenvalue weighted by Gasteiger charge is 2.15. The molecular weight excluding hydrogens is 356 g/mol. The molecule has 0 heterocycles. The number of hydrogen-bond donors (Lipinski definition) is 2. The first-order valence-corrected chi connectivity index (χ1v) is 9.10. The molecule has 28 heavy (non-hydrogen) atoms. The molecule has 0 aliphatic carbocycles. The number of carbonyl (C=O) groups excluding carboxylic acids is 3. The molecule has 0 aliphatic rings. The third-order valence-electron chi connectivity index (χ3n) is 4.10. The van der Waals surface area contributed by atoms with E-state index in [1.54, 1.807) is 12.1 Å². The summed E-state index contributed by atoms with van der Waals surface area (Å²) in [5.41, 5.74) is 2.47. The van der Waals surface area contributed by atoms with Crippen molar-refractivity contribution in [2.24, 2.45) is 0 Å². The summed E-state index contributed by atoms with van der Waals surface area (Å²) in [4.78, 5) is 35.6. The molecule has 6 heteroatoms. The van der Waals surface area contributed by atoms with Gasteiger partial charge >= 0.3 is 5.97 Å². The van der Waals surface area contributed by atoms with E-state index in [1.807, 2.05) is 42.5 Å². The van der Waals surface area contributed by atoms with Crippen molar-refractivity contribution in [1.29, 1.82) is 0 Å². The molecule has 0 bridgehead atoms. The van der Waals surface area contributed by atoms with Crippen LogP contribution < -0.4 is 10.6 Å². The summed E-state index contributed by atoms with van der Waals surface area (Å²) in [5.74, 6) is -1.35. The minimum atomic E-state index is -0.540. The lowest BCUT2D eigenvalue weighted by atomic mass is 9.87. The number of hydrogen-bond acceptors (Lipinski definition) is 4. The molecule has 2 aromatic carbocycles. The zero-order chi connectivity index (χ0) is 20.6. The quantitative estimate of drug-likeness (QED) is 0.721. The van der Waals surface area contributed by atoms with Gasteiger partial charge in [-0.2, -0.15) is 0 Å². The minimum Gasteiger partial charge on any atom is -0.460 e. The van der Waals surface area contributed by atoms with E-state index >= 15 is 0 Å². The first-order chi connectivity index (χ1) is 13.3. The monoisotopic (exact) mass is 382 g/mol. The lowest BCUT2D eigenvalue weighted by Gasteiger charge is -2.19. The maximum absolute atomic E-state index is 12.1. The van der Waals surface area contributed by atoms with Gasteiger partial charge in [0.2, 0.25) is 5.91 Å². The van der Waals surface area contributed by atoms with E-state index in [0.29, 0.717) is 5.56 Å². The average molecular weight is 382 g/mol. The number of ether oxygens (including phenoxy) is 1. The number of amides is 2. The number of esters is 1. The molecule has 0 spiro atoms. The van der Waals surface area contributed by atoms with Crippen molar-refractivity contribution in [3.05, 3.63) is 71.3 Å². The van der Waals surface area contributed by atoms with Gasteiger partial charge in [-0.05, 0) is 28.7 Å². The van der Waals surface area contributed by atoms with Gasteiger partial charge in [0.15, 0.2) is 0 Å². The molecule has 2 amide bonds. The molecule has 0 radical (unpaired) electrons. The maximum atomic E-state index is 12.1. The van der Waals surface area contributed by atoms with Crippen LogP contribution in [0.4, 0.5) is 0 Å². The van der Waals surface area contributed by atoms with Gasteiger partial charge in [-0.1, -0.05) is 63.2 Å². The third kappa shape index (κ3) is 6.87. The first-order valence-electron chi connectivity index (χ1n) is 9.10. The molecule has 148 valence electrons. The summed E-state index contributed by atoms with van der Waals surface area (Å²) in [5, 5.41) is 4.96. The minimum absolute atomic E-state index is 0.00398. The molecule has 2 aromatic rings. The van der Waals surface area contributed by atoms with Crippen LogP contribution in [0.15, 0.2) is 54.6 Å². The Morgan fingerprint density at radius 1 is 0.857 bits per heavy atom. The van der Waals surface area contributed by atoms with Crippen molar-refractivity contribution in [1.82, 2.24) is 10.6 Å². The second-order valence-corrected chi connectivity index (χ2v) is 7.43. The van der Waals surface area contributed by atoms with E-state index in [9.17, 15) is 14.4 Å². The summed E-state index contributed by atoms with van der Waals surface area (Å²) < 4.78 is 5.07. The van der Waals surface area contributed by atoms with Crippen LogP contribution in [-0.4, -0.2) is 30.9 Å². The van der Waals surface area contributed by atoms with E-state index in [4.69, 9.17) is 4.74 Å². The lowest BCUT2D eigenvalue weighted by Crippen LogP contribution is -2.39. The third-order valence-corrected chi connectivity index (χ3v) is 4.10. The maximum Gasteiger partial charge on any atom is 0.325 e. The molecule has 0 fully saturated rings. The number of benzene rings is 2. The van der Waals surface area contributed by atoms with E-state index in [-0.39, 0.29) is 31.0 Å². The summed E-state index contributed by atoms with van der Waals surface area (Å²) >= 11 is 0. The Balaban J connectivity index is 1.70. The van der Waals surface area contributed by atoms with Crippen molar-refractivity contribution >= 4 is 17.8 Å². The van der Waals surface area contributed by atoms with E-state index in [2.05, 4.69) is 31.4 Å². The second-order valence-electron chi connectivity index (χ2n) is 7.43. The highest BCUT2D eigenvalue weighted by atomic mass is 16.5. The van der Waals surface area contributed by atoms with Crippen LogP contribution in [0.1, 0.15) is 42.3 Å². The SMILES string of the molecule is CC(C)(C)c1ccc(C(=O)NCC(=O)NCC(=O)OCc2ccccc2)cc1. The van der Waals surface area contributed by atoms with E-state index in [1.165, 1.54) is 0 Å². The Bertz CT molecular complexity index is 809. The average Bonchev–Trinajstić information content (AvgIpc) is 2.69. The summed E-state index contributed by atoms with van der Waals surface area (Å²) in [6.45, 7) is 5.97. The second kappa shape index (κ2) is 9.69. The van der Waals surface area contributed by atoms with E-state index < -0.39 is 11.9 Å². The molecule has 0 saturated carbocycles. The van der Waals surface area contributed by atoms with Gasteiger partial charge in [0, 0.05) is 5.56 Å². The predicted molar refractivity (Wildman–Crippen MR) is 107 cm³/mol. The standard InChI is InChI=1S/C22H26N2O4/c1-22(2,3)18-11-9-17(10-12-18)21(27)24-13-19(25)23-14-20(26)28-15-16-7-5-4-6-8-16/h4-12H,13-15H2,1-3H3,(H,23,25)(H,24,27). The fourth-order valence-electron chi connectivity index (χ4n) is 2.41. The van der Waals surface area contributed by atoms with Crippen LogP contribution in [0.25, 0.3) is 0 Å². The van der Waals surface area contributed by atoms with Gasteiger partial charge in [-0.25, -0.2) is 0 Å². The van der Waals surface area contributed by atoms with Crippen molar-refractivity contribution in [3.8, 4) is 0 Å². The lowest BCUT2D eigenvalue weighted by molar-refractivity contribution is -0.145. The molecule has 0 aliphatic heterocycles. The molecule has 2 N–H and O–H groups in total. The smallest absolute Gasteiger partial charge is 0.325 e.